The Balaban J connectivity index is 1.63. The first-order valence-electron chi connectivity index (χ1n) is 12.9. The summed E-state index contributed by atoms with van der Waals surface area (Å²) in [6, 6.07) is 27.1. The molecule has 0 saturated carbocycles. The Kier molecular flexibility index (Phi) is 10.3. The minimum absolute atomic E-state index is 0.120. The number of nitrogens with zero attached hydrogens (tertiary/aromatic N) is 1. The molecule has 0 N–H and O–H groups in total. The normalized spacial score (nSPS) is 20.7. The molecular weight excluding hydrogens is 507 g/mol. The van der Waals surface area contributed by atoms with E-state index in [-0.39, 0.29) is 39.4 Å². The highest BCUT2D eigenvalue weighted by atomic mass is 19.4. The van der Waals surface area contributed by atoms with E-state index >= 15 is 0 Å². The monoisotopic (exact) mass is 539 g/mol. The van der Waals surface area contributed by atoms with Crippen molar-refractivity contribution in [3.8, 4) is 0 Å². The Morgan fingerprint density at radius 1 is 0.769 bits per heavy atom. The van der Waals surface area contributed by atoms with Crippen molar-refractivity contribution >= 4 is 5.91 Å². The molecule has 0 saturated heterocycles. The Morgan fingerprint density at radius 3 is 1.82 bits per heavy atom. The van der Waals surface area contributed by atoms with Crippen LogP contribution in [0.25, 0.3) is 0 Å². The summed E-state index contributed by atoms with van der Waals surface area (Å²) in [4.78, 5) is 13.5. The molecule has 5 nitrogen and oxygen atoms in total. The molecule has 0 unspecified atom stereocenters. The van der Waals surface area contributed by atoms with Crippen LogP contribution in [0, 0.1) is 0 Å². The van der Waals surface area contributed by atoms with Crippen LogP contribution in [0.5, 0.6) is 0 Å². The molecule has 206 valence electrons. The maximum absolute atomic E-state index is 13.8. The lowest BCUT2D eigenvalue weighted by atomic mass is 9.99. The van der Waals surface area contributed by atoms with Crippen LogP contribution in [0.2, 0.25) is 0 Å². The third-order valence-electron chi connectivity index (χ3n) is 6.44. The van der Waals surface area contributed by atoms with E-state index in [9.17, 15) is 18.0 Å². The molecule has 3 atom stereocenters. The molecule has 1 amide bonds. The van der Waals surface area contributed by atoms with Gasteiger partial charge in [-0.05, 0) is 23.1 Å². The number of halogens is 3. The van der Waals surface area contributed by atoms with Crippen LogP contribution < -0.4 is 0 Å². The fraction of sp³-hybridized carbons (Fsp3) is 0.323. The summed E-state index contributed by atoms with van der Waals surface area (Å²) < 4.78 is 59.7. The fourth-order valence-corrected chi connectivity index (χ4v) is 4.48. The number of hydrogen-bond acceptors (Lipinski definition) is 4. The lowest BCUT2D eigenvalue weighted by Gasteiger charge is -2.40. The molecular formula is C31H32F3NO4. The number of rotatable bonds is 10. The first-order chi connectivity index (χ1) is 18.9. The Bertz CT molecular complexity index is 1170. The highest BCUT2D eigenvalue weighted by molar-refractivity contribution is 5.82. The maximum atomic E-state index is 13.8. The van der Waals surface area contributed by atoms with Gasteiger partial charge in [0, 0.05) is 6.54 Å². The van der Waals surface area contributed by atoms with E-state index in [1.807, 2.05) is 97.1 Å². The molecule has 0 fully saturated rings. The Labute approximate surface area is 226 Å². The quantitative estimate of drug-likeness (QED) is 0.293. The maximum Gasteiger partial charge on any atom is 0.471 e. The van der Waals surface area contributed by atoms with Crippen molar-refractivity contribution in [2.24, 2.45) is 0 Å². The second kappa shape index (κ2) is 14.1. The van der Waals surface area contributed by atoms with Gasteiger partial charge in [0.15, 0.2) is 0 Å². The lowest BCUT2D eigenvalue weighted by Crippen LogP contribution is -2.58. The van der Waals surface area contributed by atoms with Crippen molar-refractivity contribution in [3.05, 3.63) is 120 Å². The molecule has 39 heavy (non-hydrogen) atoms. The van der Waals surface area contributed by atoms with Gasteiger partial charge < -0.3 is 19.1 Å². The second-order valence-electron chi connectivity index (χ2n) is 9.30. The van der Waals surface area contributed by atoms with Crippen molar-refractivity contribution in [3.63, 3.8) is 0 Å². The third kappa shape index (κ3) is 8.51. The van der Waals surface area contributed by atoms with Gasteiger partial charge in [0.2, 0.25) is 0 Å². The summed E-state index contributed by atoms with van der Waals surface area (Å²) in [7, 11) is 0. The summed E-state index contributed by atoms with van der Waals surface area (Å²) in [5, 5.41) is 0. The van der Waals surface area contributed by atoms with Crippen LogP contribution in [0.1, 0.15) is 23.1 Å². The SMILES string of the molecule is O=C(N1CC/C=C\[C@@H](OCc2ccccc2)[C@H](OCc2ccccc2)[C@H]1COCc1ccccc1)C(F)(F)F. The van der Waals surface area contributed by atoms with Crippen LogP contribution in [0.15, 0.2) is 103 Å². The molecule has 8 heteroatoms. The minimum atomic E-state index is -5.04. The number of carbonyl (C=O) groups is 1. The molecule has 0 spiro atoms. The number of carbonyl (C=O) groups excluding carboxylic acids is 1. The predicted molar refractivity (Wildman–Crippen MR) is 141 cm³/mol. The van der Waals surface area contributed by atoms with Gasteiger partial charge in [-0.3, -0.25) is 4.79 Å². The van der Waals surface area contributed by atoms with Crippen molar-refractivity contribution in [1.82, 2.24) is 4.90 Å². The first-order valence-corrected chi connectivity index (χ1v) is 12.9. The van der Waals surface area contributed by atoms with Crippen LogP contribution in [0.4, 0.5) is 13.2 Å². The van der Waals surface area contributed by atoms with Gasteiger partial charge in [0.05, 0.1) is 32.5 Å². The number of benzene rings is 3. The van der Waals surface area contributed by atoms with E-state index in [0.29, 0.717) is 0 Å². The van der Waals surface area contributed by atoms with Crippen molar-refractivity contribution in [2.45, 2.75) is 50.7 Å². The third-order valence-corrected chi connectivity index (χ3v) is 6.44. The fourth-order valence-electron chi connectivity index (χ4n) is 4.48. The molecule has 1 aliphatic rings. The van der Waals surface area contributed by atoms with Crippen LogP contribution in [-0.4, -0.2) is 48.4 Å². The average Bonchev–Trinajstić information content (AvgIpc) is 2.94. The zero-order chi connectivity index (χ0) is 27.5. The molecule has 0 radical (unpaired) electrons. The molecule has 1 heterocycles. The molecule has 3 aromatic rings. The topological polar surface area (TPSA) is 48.0 Å². The molecule has 0 aromatic heterocycles. The largest absolute Gasteiger partial charge is 0.471 e. The molecule has 0 aliphatic carbocycles. The number of ether oxygens (including phenoxy) is 3. The summed E-state index contributed by atoms with van der Waals surface area (Å²) in [6.07, 6.45) is -2.88. The van der Waals surface area contributed by atoms with Crippen molar-refractivity contribution in [2.75, 3.05) is 13.2 Å². The van der Waals surface area contributed by atoms with Crippen molar-refractivity contribution in [1.29, 1.82) is 0 Å². The standard InChI is InChI=1S/C31H32F3NO4/c32-31(33,34)30(36)35-19-11-10-18-28(38-21-25-14-6-2-7-15-25)29(39-22-26-16-8-3-9-17-26)27(35)23-37-20-24-12-4-1-5-13-24/h1-10,12-18,27-29H,11,19-23H2/b18-10-/t27-,28-,29-/m1/s1. The second-order valence-corrected chi connectivity index (χ2v) is 9.30. The van der Waals surface area contributed by atoms with E-state index in [2.05, 4.69) is 0 Å². The van der Waals surface area contributed by atoms with Gasteiger partial charge in [-0.1, -0.05) is 103 Å². The van der Waals surface area contributed by atoms with E-state index in [4.69, 9.17) is 14.2 Å². The average molecular weight is 540 g/mol. The zero-order valence-corrected chi connectivity index (χ0v) is 21.5. The van der Waals surface area contributed by atoms with Gasteiger partial charge in [-0.25, -0.2) is 0 Å². The van der Waals surface area contributed by atoms with Gasteiger partial charge in [-0.2, -0.15) is 13.2 Å². The van der Waals surface area contributed by atoms with E-state index in [1.165, 1.54) is 0 Å². The van der Waals surface area contributed by atoms with Crippen molar-refractivity contribution < 1.29 is 32.2 Å². The van der Waals surface area contributed by atoms with E-state index < -0.39 is 30.3 Å². The lowest BCUT2D eigenvalue weighted by molar-refractivity contribution is -0.196. The number of alkyl halides is 3. The molecule has 1 aliphatic heterocycles. The summed E-state index contributed by atoms with van der Waals surface area (Å²) in [5.41, 5.74) is 2.63. The van der Waals surface area contributed by atoms with Gasteiger partial charge in [0.25, 0.3) is 0 Å². The van der Waals surface area contributed by atoms with E-state index in [0.717, 1.165) is 21.6 Å². The Hall–Kier alpha value is -3.46. The van der Waals surface area contributed by atoms with E-state index in [1.54, 1.807) is 6.08 Å². The predicted octanol–water partition coefficient (Wildman–Crippen LogP) is 6.09. The molecule has 3 aromatic carbocycles. The highest BCUT2D eigenvalue weighted by Gasteiger charge is 2.47. The molecule has 0 bridgehead atoms. The zero-order valence-electron chi connectivity index (χ0n) is 21.5. The summed E-state index contributed by atoms with van der Waals surface area (Å²) >= 11 is 0. The first kappa shape index (κ1) is 28.5. The summed E-state index contributed by atoms with van der Waals surface area (Å²) in [6.45, 7) is 0.266. The Morgan fingerprint density at radius 2 is 1.28 bits per heavy atom. The van der Waals surface area contributed by atoms with Gasteiger partial charge >= 0.3 is 12.1 Å². The van der Waals surface area contributed by atoms with Gasteiger partial charge in [0.1, 0.15) is 12.2 Å². The highest BCUT2D eigenvalue weighted by Crippen LogP contribution is 2.27. The van der Waals surface area contributed by atoms with Crippen LogP contribution >= 0.6 is 0 Å². The number of hydrogen-bond donors (Lipinski definition) is 0. The van der Waals surface area contributed by atoms with Crippen LogP contribution in [-0.2, 0) is 38.8 Å². The molecule has 4 rings (SSSR count). The van der Waals surface area contributed by atoms with Gasteiger partial charge in [-0.15, -0.1) is 0 Å². The minimum Gasteiger partial charge on any atom is -0.375 e. The van der Waals surface area contributed by atoms with Crippen LogP contribution in [0.3, 0.4) is 0 Å². The smallest absolute Gasteiger partial charge is 0.375 e. The summed E-state index contributed by atoms with van der Waals surface area (Å²) in [5.74, 6) is -1.92. The number of amides is 1.